The molecule has 17 heavy (non-hydrogen) atoms. The first-order valence-corrected chi connectivity index (χ1v) is 6.63. The minimum Gasteiger partial charge on any atom is -0.493 e. The van der Waals surface area contributed by atoms with E-state index in [0.717, 1.165) is 18.8 Å². The van der Waals surface area contributed by atoms with E-state index in [9.17, 15) is 0 Å². The topological polar surface area (TPSA) is 21.3 Å². The number of hydrogen-bond acceptors (Lipinski definition) is 2. The van der Waals surface area contributed by atoms with Crippen molar-refractivity contribution in [3.63, 3.8) is 0 Å². The summed E-state index contributed by atoms with van der Waals surface area (Å²) in [5.74, 6) is 1.02. The van der Waals surface area contributed by atoms with Crippen molar-refractivity contribution >= 4 is 0 Å². The summed E-state index contributed by atoms with van der Waals surface area (Å²) in [7, 11) is 0. The van der Waals surface area contributed by atoms with Gasteiger partial charge >= 0.3 is 0 Å². The first-order valence-electron chi connectivity index (χ1n) is 6.63. The Kier molecular flexibility index (Phi) is 6.06. The van der Waals surface area contributed by atoms with Crippen LogP contribution in [0, 0.1) is 0 Å². The molecule has 0 heterocycles. The van der Waals surface area contributed by atoms with Crippen molar-refractivity contribution in [3.05, 3.63) is 29.8 Å². The number of nitrogens with one attached hydrogen (secondary N) is 1. The van der Waals surface area contributed by atoms with E-state index in [4.69, 9.17) is 4.74 Å². The molecule has 0 aliphatic heterocycles. The fraction of sp³-hybridized carbons (Fsp3) is 0.600. The molecule has 0 unspecified atom stereocenters. The van der Waals surface area contributed by atoms with E-state index in [1.807, 2.05) is 6.07 Å². The fourth-order valence-corrected chi connectivity index (χ4v) is 1.89. The van der Waals surface area contributed by atoms with Crippen LogP contribution in [0.4, 0.5) is 0 Å². The average molecular weight is 235 g/mol. The Hall–Kier alpha value is -1.02. The highest BCUT2D eigenvalue weighted by Gasteiger charge is 2.11. The summed E-state index contributed by atoms with van der Waals surface area (Å²) in [6, 6.07) is 9.11. The molecule has 96 valence electrons. The highest BCUT2D eigenvalue weighted by molar-refractivity contribution is 5.35. The lowest BCUT2D eigenvalue weighted by Gasteiger charge is -2.20. The predicted octanol–water partition coefficient (Wildman–Crippen LogP) is 3.92. The van der Waals surface area contributed by atoms with Gasteiger partial charge in [0.05, 0.1) is 6.61 Å². The van der Waals surface area contributed by atoms with Crippen LogP contribution in [0.25, 0.3) is 0 Å². The minimum absolute atomic E-state index is 0.327. The van der Waals surface area contributed by atoms with Gasteiger partial charge in [0, 0.05) is 17.6 Å². The minimum atomic E-state index is 0.327. The van der Waals surface area contributed by atoms with E-state index in [0.29, 0.717) is 12.1 Å². The monoisotopic (exact) mass is 235 g/mol. The van der Waals surface area contributed by atoms with E-state index in [-0.39, 0.29) is 0 Å². The van der Waals surface area contributed by atoms with Crippen LogP contribution >= 0.6 is 0 Å². The van der Waals surface area contributed by atoms with E-state index >= 15 is 0 Å². The number of rotatable bonds is 7. The van der Waals surface area contributed by atoms with Gasteiger partial charge in [-0.15, -0.1) is 0 Å². The second-order valence-electron chi connectivity index (χ2n) is 4.78. The summed E-state index contributed by atoms with van der Waals surface area (Å²) in [4.78, 5) is 0. The number of unbranched alkanes of at least 4 members (excludes halogenated alkanes) is 1. The van der Waals surface area contributed by atoms with E-state index < -0.39 is 0 Å². The Labute approximate surface area is 105 Å². The maximum Gasteiger partial charge on any atom is 0.124 e. The second kappa shape index (κ2) is 7.33. The standard InChI is InChI=1S/C15H25NO/c1-5-6-11-17-15-10-8-7-9-14(15)13(4)16-12(2)3/h7-10,12-13,16H,5-6,11H2,1-4H3/t13-/m1/s1. The molecule has 0 saturated heterocycles. The Morgan fingerprint density at radius 1 is 1.18 bits per heavy atom. The van der Waals surface area contributed by atoms with Gasteiger partial charge < -0.3 is 10.1 Å². The van der Waals surface area contributed by atoms with E-state index in [1.165, 1.54) is 12.0 Å². The molecule has 2 nitrogen and oxygen atoms in total. The Balaban J connectivity index is 2.69. The third-order valence-electron chi connectivity index (χ3n) is 2.72. The van der Waals surface area contributed by atoms with Gasteiger partial charge in [0.25, 0.3) is 0 Å². The van der Waals surface area contributed by atoms with Crippen LogP contribution < -0.4 is 10.1 Å². The first-order chi connectivity index (χ1) is 8.15. The average Bonchev–Trinajstić information content (AvgIpc) is 2.29. The second-order valence-corrected chi connectivity index (χ2v) is 4.78. The van der Waals surface area contributed by atoms with Crippen LogP contribution in [-0.2, 0) is 0 Å². The number of benzene rings is 1. The SMILES string of the molecule is CCCCOc1ccccc1[C@@H](C)NC(C)C. The van der Waals surface area contributed by atoms with Gasteiger partial charge in [-0.1, -0.05) is 45.4 Å². The zero-order chi connectivity index (χ0) is 12.7. The highest BCUT2D eigenvalue weighted by Crippen LogP contribution is 2.25. The Morgan fingerprint density at radius 3 is 2.53 bits per heavy atom. The molecule has 0 radical (unpaired) electrons. The molecular formula is C15H25NO. The van der Waals surface area contributed by atoms with Crippen molar-refractivity contribution in [2.45, 2.75) is 52.6 Å². The number of ether oxygens (including phenoxy) is 1. The lowest BCUT2D eigenvalue weighted by molar-refractivity contribution is 0.302. The first kappa shape index (κ1) is 14.0. The van der Waals surface area contributed by atoms with Gasteiger partial charge in [0.2, 0.25) is 0 Å². The van der Waals surface area contributed by atoms with Gasteiger partial charge in [0.15, 0.2) is 0 Å². The summed E-state index contributed by atoms with van der Waals surface area (Å²) in [6.07, 6.45) is 2.28. The molecule has 2 heteroatoms. The maximum atomic E-state index is 5.84. The normalized spacial score (nSPS) is 12.8. The van der Waals surface area contributed by atoms with Crippen molar-refractivity contribution in [1.82, 2.24) is 5.32 Å². The zero-order valence-electron chi connectivity index (χ0n) is 11.5. The van der Waals surface area contributed by atoms with Crippen LogP contribution in [0.15, 0.2) is 24.3 Å². The van der Waals surface area contributed by atoms with Gasteiger partial charge in [-0.05, 0) is 19.4 Å². The zero-order valence-corrected chi connectivity index (χ0v) is 11.5. The van der Waals surface area contributed by atoms with Gasteiger partial charge in [-0.25, -0.2) is 0 Å². The van der Waals surface area contributed by atoms with E-state index in [2.05, 4.69) is 51.2 Å². The van der Waals surface area contributed by atoms with Crippen molar-refractivity contribution in [3.8, 4) is 5.75 Å². The van der Waals surface area contributed by atoms with Crippen molar-refractivity contribution in [1.29, 1.82) is 0 Å². The molecule has 0 aliphatic rings. The summed E-state index contributed by atoms with van der Waals surface area (Å²) >= 11 is 0. The lowest BCUT2D eigenvalue weighted by Crippen LogP contribution is -2.26. The molecule has 1 aromatic rings. The van der Waals surface area contributed by atoms with E-state index in [1.54, 1.807) is 0 Å². The molecular weight excluding hydrogens is 210 g/mol. The highest BCUT2D eigenvalue weighted by atomic mass is 16.5. The summed E-state index contributed by atoms with van der Waals surface area (Å²) < 4.78 is 5.84. The molecule has 0 saturated carbocycles. The fourth-order valence-electron chi connectivity index (χ4n) is 1.89. The van der Waals surface area contributed by atoms with Crippen molar-refractivity contribution in [2.24, 2.45) is 0 Å². The molecule has 0 aliphatic carbocycles. The molecule has 0 fully saturated rings. The lowest BCUT2D eigenvalue weighted by atomic mass is 10.1. The van der Waals surface area contributed by atoms with Crippen molar-refractivity contribution < 1.29 is 4.74 Å². The number of para-hydroxylation sites is 1. The third-order valence-corrected chi connectivity index (χ3v) is 2.72. The van der Waals surface area contributed by atoms with Gasteiger partial charge in [-0.2, -0.15) is 0 Å². The Bertz CT molecular complexity index is 322. The molecule has 1 rings (SSSR count). The van der Waals surface area contributed by atoms with Gasteiger partial charge in [0.1, 0.15) is 5.75 Å². The molecule has 0 spiro atoms. The molecule has 1 N–H and O–H groups in total. The molecule has 0 amide bonds. The summed E-state index contributed by atoms with van der Waals surface area (Å²) in [5, 5.41) is 3.51. The molecule has 1 aromatic carbocycles. The predicted molar refractivity (Wildman–Crippen MR) is 73.5 cm³/mol. The molecule has 0 aromatic heterocycles. The quantitative estimate of drug-likeness (QED) is 0.723. The molecule has 0 bridgehead atoms. The van der Waals surface area contributed by atoms with Crippen LogP contribution in [0.2, 0.25) is 0 Å². The Morgan fingerprint density at radius 2 is 1.88 bits per heavy atom. The summed E-state index contributed by atoms with van der Waals surface area (Å²) in [5.41, 5.74) is 1.25. The van der Waals surface area contributed by atoms with Crippen LogP contribution in [0.5, 0.6) is 5.75 Å². The molecule has 1 atom stereocenters. The largest absolute Gasteiger partial charge is 0.493 e. The smallest absolute Gasteiger partial charge is 0.124 e. The van der Waals surface area contributed by atoms with Crippen LogP contribution in [0.1, 0.15) is 52.1 Å². The van der Waals surface area contributed by atoms with Gasteiger partial charge in [-0.3, -0.25) is 0 Å². The summed E-state index contributed by atoms with van der Waals surface area (Å²) in [6.45, 7) is 9.50. The maximum absolute atomic E-state index is 5.84. The van der Waals surface area contributed by atoms with Crippen LogP contribution in [0.3, 0.4) is 0 Å². The third kappa shape index (κ3) is 4.78. The van der Waals surface area contributed by atoms with Crippen LogP contribution in [-0.4, -0.2) is 12.6 Å². The number of hydrogen-bond donors (Lipinski definition) is 1. The van der Waals surface area contributed by atoms with Crippen molar-refractivity contribution in [2.75, 3.05) is 6.61 Å².